The molecule has 0 aliphatic carbocycles. The van der Waals surface area contributed by atoms with E-state index in [-0.39, 0.29) is 12.5 Å². The Kier molecular flexibility index (Phi) is 7.94. The molecule has 0 radical (unpaired) electrons. The predicted molar refractivity (Wildman–Crippen MR) is 79.0 cm³/mol. The Morgan fingerprint density at radius 2 is 1.84 bits per heavy atom. The third-order valence-electron chi connectivity index (χ3n) is 2.68. The number of amides is 1. The van der Waals surface area contributed by atoms with Gasteiger partial charge in [0.05, 0.1) is 0 Å². The lowest BCUT2D eigenvalue weighted by Gasteiger charge is -2.01. The standard InChI is InChI=1S/C15H20ClNO2/c16-14-8-5-13(6-9-14)7-10-15(19)17-11-3-1-2-4-12-18/h5-10,18H,1-4,11-12H2,(H,17,19)/b10-7+. The van der Waals surface area contributed by atoms with E-state index in [9.17, 15) is 4.79 Å². The number of benzene rings is 1. The van der Waals surface area contributed by atoms with E-state index in [0.29, 0.717) is 11.6 Å². The van der Waals surface area contributed by atoms with Crippen molar-refractivity contribution in [2.75, 3.05) is 13.2 Å². The van der Waals surface area contributed by atoms with Gasteiger partial charge in [-0.05, 0) is 36.6 Å². The Balaban J connectivity index is 2.18. The average Bonchev–Trinajstić information content (AvgIpc) is 2.42. The molecular formula is C15H20ClNO2. The van der Waals surface area contributed by atoms with Gasteiger partial charge in [0.15, 0.2) is 0 Å². The van der Waals surface area contributed by atoms with E-state index in [1.807, 2.05) is 12.1 Å². The lowest BCUT2D eigenvalue weighted by Crippen LogP contribution is -2.21. The lowest BCUT2D eigenvalue weighted by atomic mass is 10.2. The number of carbonyl (C=O) groups is 1. The molecule has 1 amide bonds. The zero-order valence-electron chi connectivity index (χ0n) is 10.9. The first-order chi connectivity index (χ1) is 9.22. The van der Waals surface area contributed by atoms with Crippen LogP contribution in [0, 0.1) is 0 Å². The number of nitrogens with one attached hydrogen (secondary N) is 1. The van der Waals surface area contributed by atoms with Crippen molar-refractivity contribution in [3.8, 4) is 0 Å². The second-order valence-electron chi connectivity index (χ2n) is 4.31. The predicted octanol–water partition coefficient (Wildman–Crippen LogP) is 3.02. The highest BCUT2D eigenvalue weighted by Gasteiger charge is 1.95. The summed E-state index contributed by atoms with van der Waals surface area (Å²) in [6.07, 6.45) is 7.11. The number of halogens is 1. The zero-order chi connectivity index (χ0) is 13.9. The molecule has 1 aromatic carbocycles. The monoisotopic (exact) mass is 281 g/mol. The average molecular weight is 282 g/mol. The second kappa shape index (κ2) is 9.59. The number of aliphatic hydroxyl groups is 1. The van der Waals surface area contributed by atoms with Crippen molar-refractivity contribution >= 4 is 23.6 Å². The maximum atomic E-state index is 11.5. The van der Waals surface area contributed by atoms with Crippen LogP contribution in [0.25, 0.3) is 6.08 Å². The van der Waals surface area contributed by atoms with Crippen LogP contribution < -0.4 is 5.32 Å². The van der Waals surface area contributed by atoms with E-state index < -0.39 is 0 Å². The van der Waals surface area contributed by atoms with Crippen molar-refractivity contribution in [1.82, 2.24) is 5.32 Å². The van der Waals surface area contributed by atoms with Gasteiger partial charge < -0.3 is 10.4 Å². The fraction of sp³-hybridized carbons (Fsp3) is 0.400. The normalized spacial score (nSPS) is 10.8. The number of unbranched alkanes of at least 4 members (excludes halogenated alkanes) is 3. The van der Waals surface area contributed by atoms with Crippen LogP contribution in [0.3, 0.4) is 0 Å². The molecule has 1 aromatic rings. The van der Waals surface area contributed by atoms with Crippen LogP contribution in [0.5, 0.6) is 0 Å². The topological polar surface area (TPSA) is 49.3 Å². The third-order valence-corrected chi connectivity index (χ3v) is 2.93. The summed E-state index contributed by atoms with van der Waals surface area (Å²) in [5.74, 6) is -0.0860. The molecule has 3 nitrogen and oxygen atoms in total. The molecule has 1 rings (SSSR count). The molecule has 19 heavy (non-hydrogen) atoms. The smallest absolute Gasteiger partial charge is 0.243 e. The van der Waals surface area contributed by atoms with Gasteiger partial charge in [0.25, 0.3) is 0 Å². The van der Waals surface area contributed by atoms with Crippen molar-refractivity contribution in [2.45, 2.75) is 25.7 Å². The van der Waals surface area contributed by atoms with E-state index in [1.165, 1.54) is 6.08 Å². The molecular weight excluding hydrogens is 262 g/mol. The minimum absolute atomic E-state index is 0.0860. The molecule has 0 saturated heterocycles. The van der Waals surface area contributed by atoms with Gasteiger partial charge in [-0.3, -0.25) is 4.79 Å². The number of aliphatic hydroxyl groups excluding tert-OH is 1. The lowest BCUT2D eigenvalue weighted by molar-refractivity contribution is -0.116. The summed E-state index contributed by atoms with van der Waals surface area (Å²) in [5, 5.41) is 12.1. The molecule has 4 heteroatoms. The minimum atomic E-state index is -0.0860. The summed E-state index contributed by atoms with van der Waals surface area (Å²) in [7, 11) is 0. The van der Waals surface area contributed by atoms with Crippen molar-refractivity contribution in [2.24, 2.45) is 0 Å². The maximum Gasteiger partial charge on any atom is 0.243 e. The van der Waals surface area contributed by atoms with E-state index in [0.717, 1.165) is 31.2 Å². The van der Waals surface area contributed by atoms with Crippen LogP contribution in [-0.2, 0) is 4.79 Å². The van der Waals surface area contributed by atoms with E-state index >= 15 is 0 Å². The van der Waals surface area contributed by atoms with E-state index in [2.05, 4.69) is 5.32 Å². The maximum absolute atomic E-state index is 11.5. The summed E-state index contributed by atoms with van der Waals surface area (Å²) >= 11 is 5.78. The molecule has 104 valence electrons. The first-order valence-electron chi connectivity index (χ1n) is 6.54. The van der Waals surface area contributed by atoms with Crippen molar-refractivity contribution < 1.29 is 9.90 Å². The van der Waals surface area contributed by atoms with E-state index in [1.54, 1.807) is 18.2 Å². The fourth-order valence-electron chi connectivity index (χ4n) is 1.61. The van der Waals surface area contributed by atoms with Crippen LogP contribution in [-0.4, -0.2) is 24.2 Å². The first-order valence-corrected chi connectivity index (χ1v) is 6.92. The molecule has 0 atom stereocenters. The quantitative estimate of drug-likeness (QED) is 0.568. The number of rotatable bonds is 8. The number of hydrogen-bond acceptors (Lipinski definition) is 2. The zero-order valence-corrected chi connectivity index (χ0v) is 11.7. The summed E-state index contributed by atoms with van der Waals surface area (Å²) < 4.78 is 0. The van der Waals surface area contributed by atoms with Crippen LogP contribution >= 0.6 is 11.6 Å². The van der Waals surface area contributed by atoms with Gasteiger partial charge in [0.2, 0.25) is 5.91 Å². The van der Waals surface area contributed by atoms with Crippen LogP contribution in [0.2, 0.25) is 5.02 Å². The molecule has 0 spiro atoms. The number of carbonyl (C=O) groups excluding carboxylic acids is 1. The molecule has 0 unspecified atom stereocenters. The van der Waals surface area contributed by atoms with Gasteiger partial charge in [0.1, 0.15) is 0 Å². The van der Waals surface area contributed by atoms with Crippen LogP contribution in [0.1, 0.15) is 31.2 Å². The van der Waals surface area contributed by atoms with Crippen molar-refractivity contribution in [3.05, 3.63) is 40.9 Å². The van der Waals surface area contributed by atoms with Crippen LogP contribution in [0.15, 0.2) is 30.3 Å². The summed E-state index contributed by atoms with van der Waals surface area (Å²) in [5.41, 5.74) is 0.947. The highest BCUT2D eigenvalue weighted by Crippen LogP contribution is 2.10. The Bertz CT molecular complexity index is 401. The minimum Gasteiger partial charge on any atom is -0.396 e. The molecule has 2 N–H and O–H groups in total. The Morgan fingerprint density at radius 1 is 1.16 bits per heavy atom. The fourth-order valence-corrected chi connectivity index (χ4v) is 1.73. The summed E-state index contributed by atoms with van der Waals surface area (Å²) in [6.45, 7) is 0.922. The molecule has 0 aliphatic rings. The molecule has 0 aliphatic heterocycles. The second-order valence-corrected chi connectivity index (χ2v) is 4.75. The molecule has 0 heterocycles. The Hall–Kier alpha value is -1.32. The summed E-state index contributed by atoms with van der Waals surface area (Å²) in [4.78, 5) is 11.5. The third kappa shape index (κ3) is 7.65. The van der Waals surface area contributed by atoms with Gasteiger partial charge >= 0.3 is 0 Å². The highest BCUT2D eigenvalue weighted by molar-refractivity contribution is 6.30. The molecule has 0 fully saturated rings. The van der Waals surface area contributed by atoms with Gasteiger partial charge in [0, 0.05) is 24.3 Å². The molecule has 0 aromatic heterocycles. The van der Waals surface area contributed by atoms with Crippen LogP contribution in [0.4, 0.5) is 0 Å². The van der Waals surface area contributed by atoms with Gasteiger partial charge in [-0.15, -0.1) is 0 Å². The Labute approximate surface area is 119 Å². The molecule has 0 saturated carbocycles. The SMILES string of the molecule is O=C(/C=C/c1ccc(Cl)cc1)NCCCCCCO. The first kappa shape index (κ1) is 15.7. The highest BCUT2D eigenvalue weighted by atomic mass is 35.5. The van der Waals surface area contributed by atoms with Gasteiger partial charge in [-0.1, -0.05) is 36.6 Å². The van der Waals surface area contributed by atoms with Gasteiger partial charge in [-0.25, -0.2) is 0 Å². The van der Waals surface area contributed by atoms with Crippen molar-refractivity contribution in [3.63, 3.8) is 0 Å². The molecule has 0 bridgehead atoms. The summed E-state index contributed by atoms with van der Waals surface area (Å²) in [6, 6.07) is 7.31. The van der Waals surface area contributed by atoms with Crippen molar-refractivity contribution in [1.29, 1.82) is 0 Å². The Morgan fingerprint density at radius 3 is 2.53 bits per heavy atom. The largest absolute Gasteiger partial charge is 0.396 e. The number of hydrogen-bond donors (Lipinski definition) is 2. The van der Waals surface area contributed by atoms with E-state index in [4.69, 9.17) is 16.7 Å². The van der Waals surface area contributed by atoms with Gasteiger partial charge in [-0.2, -0.15) is 0 Å².